The average molecular weight is 256 g/mol. The van der Waals surface area contributed by atoms with Crippen LogP contribution >= 0.6 is 12.2 Å². The normalized spacial score (nSPS) is 13.6. The summed E-state index contributed by atoms with van der Waals surface area (Å²) in [5.41, 5.74) is 11.0. The number of aryl methyl sites for hydroxylation is 2. The van der Waals surface area contributed by atoms with E-state index in [2.05, 4.69) is 22.8 Å². The van der Waals surface area contributed by atoms with Gasteiger partial charge in [-0.15, -0.1) is 0 Å². The highest BCUT2D eigenvalue weighted by Crippen LogP contribution is 2.23. The Bertz CT molecular complexity index is 598. The van der Waals surface area contributed by atoms with Crippen LogP contribution in [0.3, 0.4) is 0 Å². The summed E-state index contributed by atoms with van der Waals surface area (Å²) in [5.74, 6) is 0. The summed E-state index contributed by atoms with van der Waals surface area (Å²) in [7, 11) is 0. The van der Waals surface area contributed by atoms with Gasteiger partial charge in [0, 0.05) is 12.7 Å². The van der Waals surface area contributed by atoms with Crippen LogP contribution < -0.4 is 5.73 Å². The van der Waals surface area contributed by atoms with Gasteiger partial charge in [-0.25, -0.2) is 0 Å². The SMILES string of the molecule is NC(=S)c1cccn1Cc1ccc2c(c1)CCC2. The van der Waals surface area contributed by atoms with Crippen molar-refractivity contribution in [3.63, 3.8) is 0 Å². The number of nitrogens with zero attached hydrogens (tertiary/aromatic N) is 1. The molecule has 1 heterocycles. The van der Waals surface area contributed by atoms with E-state index in [1.54, 1.807) is 0 Å². The quantitative estimate of drug-likeness (QED) is 0.856. The number of rotatable bonds is 3. The molecule has 3 heteroatoms. The summed E-state index contributed by atoms with van der Waals surface area (Å²) in [6.07, 6.45) is 5.77. The Morgan fingerprint density at radius 3 is 2.89 bits per heavy atom. The van der Waals surface area contributed by atoms with Crippen molar-refractivity contribution in [2.75, 3.05) is 0 Å². The first kappa shape index (κ1) is 11.5. The highest BCUT2D eigenvalue weighted by Gasteiger charge is 2.11. The second-order valence-electron chi connectivity index (χ2n) is 4.84. The van der Waals surface area contributed by atoms with Gasteiger partial charge >= 0.3 is 0 Å². The van der Waals surface area contributed by atoms with Crippen molar-refractivity contribution >= 4 is 17.2 Å². The van der Waals surface area contributed by atoms with Gasteiger partial charge in [0.1, 0.15) is 4.99 Å². The van der Waals surface area contributed by atoms with Gasteiger partial charge in [-0.1, -0.05) is 30.4 Å². The van der Waals surface area contributed by atoms with Gasteiger partial charge in [0.25, 0.3) is 0 Å². The third-order valence-electron chi connectivity index (χ3n) is 3.60. The van der Waals surface area contributed by atoms with Crippen LogP contribution in [0.25, 0.3) is 0 Å². The second kappa shape index (κ2) is 4.58. The van der Waals surface area contributed by atoms with Crippen LogP contribution in [0.4, 0.5) is 0 Å². The molecule has 0 atom stereocenters. The lowest BCUT2D eigenvalue weighted by molar-refractivity contribution is 0.797. The van der Waals surface area contributed by atoms with E-state index in [1.807, 2.05) is 18.3 Å². The number of hydrogen-bond donors (Lipinski definition) is 1. The summed E-state index contributed by atoms with van der Waals surface area (Å²) in [6, 6.07) is 10.8. The van der Waals surface area contributed by atoms with Crippen LogP contribution in [-0.4, -0.2) is 9.56 Å². The Morgan fingerprint density at radius 1 is 1.22 bits per heavy atom. The summed E-state index contributed by atoms with van der Waals surface area (Å²) in [4.78, 5) is 0.459. The monoisotopic (exact) mass is 256 g/mol. The first-order valence-electron chi connectivity index (χ1n) is 6.29. The average Bonchev–Trinajstić information content (AvgIpc) is 2.96. The Labute approximate surface area is 112 Å². The van der Waals surface area contributed by atoms with Gasteiger partial charge in [-0.2, -0.15) is 0 Å². The van der Waals surface area contributed by atoms with Crippen molar-refractivity contribution in [2.24, 2.45) is 5.73 Å². The van der Waals surface area contributed by atoms with Crippen LogP contribution in [0.1, 0.15) is 28.8 Å². The zero-order chi connectivity index (χ0) is 12.5. The number of hydrogen-bond acceptors (Lipinski definition) is 1. The molecule has 0 saturated heterocycles. The van der Waals surface area contributed by atoms with Crippen LogP contribution in [0, 0.1) is 0 Å². The second-order valence-corrected chi connectivity index (χ2v) is 5.28. The van der Waals surface area contributed by atoms with Crippen molar-refractivity contribution in [2.45, 2.75) is 25.8 Å². The van der Waals surface area contributed by atoms with Gasteiger partial charge < -0.3 is 10.3 Å². The highest BCUT2D eigenvalue weighted by atomic mass is 32.1. The van der Waals surface area contributed by atoms with Gasteiger partial charge in [0.05, 0.1) is 5.69 Å². The van der Waals surface area contributed by atoms with Crippen molar-refractivity contribution in [1.82, 2.24) is 4.57 Å². The highest BCUT2D eigenvalue weighted by molar-refractivity contribution is 7.80. The number of fused-ring (bicyclic) bond motifs is 1. The van der Waals surface area contributed by atoms with Gasteiger partial charge in [0.15, 0.2) is 0 Å². The van der Waals surface area contributed by atoms with Gasteiger partial charge in [-0.05, 0) is 48.1 Å². The molecule has 1 aromatic heterocycles. The van der Waals surface area contributed by atoms with E-state index in [-0.39, 0.29) is 0 Å². The molecule has 0 amide bonds. The zero-order valence-corrected chi connectivity index (χ0v) is 11.0. The number of nitrogens with two attached hydrogens (primary N) is 1. The third kappa shape index (κ3) is 2.06. The minimum Gasteiger partial charge on any atom is -0.388 e. The summed E-state index contributed by atoms with van der Waals surface area (Å²) >= 11 is 5.06. The van der Waals surface area contributed by atoms with Crippen molar-refractivity contribution in [3.05, 3.63) is 58.9 Å². The fourth-order valence-corrected chi connectivity index (χ4v) is 2.88. The minimum absolute atomic E-state index is 0.459. The van der Waals surface area contributed by atoms with Crippen LogP contribution in [0.2, 0.25) is 0 Å². The Balaban J connectivity index is 1.88. The molecule has 0 bridgehead atoms. The predicted octanol–water partition coefficient (Wildman–Crippen LogP) is 2.66. The molecule has 0 radical (unpaired) electrons. The van der Waals surface area contributed by atoms with Crippen LogP contribution in [-0.2, 0) is 19.4 Å². The first-order chi connectivity index (χ1) is 8.74. The standard InChI is InChI=1S/C15H16N2S/c16-15(18)14-5-2-8-17(14)10-11-6-7-12-3-1-4-13(12)9-11/h2,5-9H,1,3-4,10H2,(H2,16,18). The molecule has 92 valence electrons. The van der Waals surface area contributed by atoms with E-state index in [4.69, 9.17) is 18.0 Å². The van der Waals surface area contributed by atoms with E-state index in [0.29, 0.717) is 4.99 Å². The summed E-state index contributed by atoms with van der Waals surface area (Å²) < 4.78 is 2.11. The lowest BCUT2D eigenvalue weighted by atomic mass is 10.1. The third-order valence-corrected chi connectivity index (χ3v) is 3.81. The van der Waals surface area contributed by atoms with Crippen LogP contribution in [0.5, 0.6) is 0 Å². The van der Waals surface area contributed by atoms with Crippen LogP contribution in [0.15, 0.2) is 36.5 Å². The fraction of sp³-hybridized carbons (Fsp3) is 0.267. The van der Waals surface area contributed by atoms with Crippen molar-refractivity contribution in [3.8, 4) is 0 Å². The minimum atomic E-state index is 0.459. The van der Waals surface area contributed by atoms with Crippen molar-refractivity contribution < 1.29 is 0 Å². The zero-order valence-electron chi connectivity index (χ0n) is 10.2. The number of thiocarbonyl (C=S) groups is 1. The maximum absolute atomic E-state index is 5.71. The predicted molar refractivity (Wildman–Crippen MR) is 77.9 cm³/mol. The molecule has 3 rings (SSSR count). The molecule has 1 aliphatic rings. The van der Waals surface area contributed by atoms with Crippen molar-refractivity contribution in [1.29, 1.82) is 0 Å². The van der Waals surface area contributed by atoms with E-state index in [0.717, 1.165) is 12.2 Å². The summed E-state index contributed by atoms with van der Waals surface area (Å²) in [6.45, 7) is 0.840. The molecule has 1 aromatic carbocycles. The topological polar surface area (TPSA) is 30.9 Å². The molecular weight excluding hydrogens is 240 g/mol. The Morgan fingerprint density at radius 2 is 2.06 bits per heavy atom. The number of aromatic nitrogens is 1. The molecule has 18 heavy (non-hydrogen) atoms. The maximum Gasteiger partial charge on any atom is 0.120 e. The van der Waals surface area contributed by atoms with E-state index >= 15 is 0 Å². The van der Waals surface area contributed by atoms with E-state index in [9.17, 15) is 0 Å². The van der Waals surface area contributed by atoms with Gasteiger partial charge in [-0.3, -0.25) is 0 Å². The largest absolute Gasteiger partial charge is 0.388 e. The summed E-state index contributed by atoms with van der Waals surface area (Å²) in [5, 5.41) is 0. The molecule has 2 N–H and O–H groups in total. The van der Waals surface area contributed by atoms with E-state index in [1.165, 1.54) is 36.0 Å². The molecular formula is C15H16N2S. The fourth-order valence-electron chi connectivity index (χ4n) is 2.70. The molecule has 0 spiro atoms. The smallest absolute Gasteiger partial charge is 0.120 e. The molecule has 0 saturated carbocycles. The number of benzene rings is 1. The Kier molecular flexibility index (Phi) is 2.92. The molecule has 1 aliphatic carbocycles. The lowest BCUT2D eigenvalue weighted by Gasteiger charge is -2.09. The van der Waals surface area contributed by atoms with E-state index < -0.39 is 0 Å². The van der Waals surface area contributed by atoms with Gasteiger partial charge in [0.2, 0.25) is 0 Å². The molecule has 2 nitrogen and oxygen atoms in total. The molecule has 0 aliphatic heterocycles. The maximum atomic E-state index is 5.71. The molecule has 0 unspecified atom stereocenters. The molecule has 0 fully saturated rings. The Hall–Kier alpha value is -1.61. The molecule has 2 aromatic rings. The lowest BCUT2D eigenvalue weighted by Crippen LogP contribution is -2.15. The first-order valence-corrected chi connectivity index (χ1v) is 6.70.